The second-order valence-corrected chi connectivity index (χ2v) is 6.71. The van der Waals surface area contributed by atoms with E-state index >= 15 is 0 Å². The lowest BCUT2D eigenvalue weighted by Gasteiger charge is -2.08. The Morgan fingerprint density at radius 3 is 2.46 bits per heavy atom. The molecule has 0 atom stereocenters. The van der Waals surface area contributed by atoms with Crippen molar-refractivity contribution in [3.05, 3.63) is 99.4 Å². The lowest BCUT2D eigenvalue weighted by atomic mass is 10.0. The fourth-order valence-electron chi connectivity index (χ4n) is 3.33. The molecule has 138 valence electrons. The van der Waals surface area contributed by atoms with Crippen molar-refractivity contribution in [1.82, 2.24) is 0 Å². The van der Waals surface area contributed by atoms with Crippen LogP contribution in [0.4, 0.5) is 11.4 Å². The first-order chi connectivity index (χ1) is 13.5. The zero-order valence-electron chi connectivity index (χ0n) is 15.5. The summed E-state index contributed by atoms with van der Waals surface area (Å²) >= 11 is 0. The van der Waals surface area contributed by atoms with Gasteiger partial charge in [0.25, 0.3) is 5.69 Å². The molecular weight excluding hydrogens is 352 g/mol. The average molecular weight is 370 g/mol. The number of nitrogens with zero attached hydrogens (tertiary/aromatic N) is 2. The van der Waals surface area contributed by atoms with Crippen LogP contribution in [-0.2, 0) is 0 Å². The molecule has 0 aliphatic rings. The van der Waals surface area contributed by atoms with E-state index in [4.69, 9.17) is 9.41 Å². The summed E-state index contributed by atoms with van der Waals surface area (Å²) in [4.78, 5) is 15.4. The predicted molar refractivity (Wildman–Crippen MR) is 109 cm³/mol. The first kappa shape index (κ1) is 17.7. The summed E-state index contributed by atoms with van der Waals surface area (Å²) in [6.07, 6.45) is 0. The van der Waals surface area contributed by atoms with Gasteiger partial charge in [0.2, 0.25) is 0 Å². The Kier molecular flexibility index (Phi) is 4.49. The summed E-state index contributed by atoms with van der Waals surface area (Å²) in [7, 11) is 0. The average Bonchev–Trinajstić information content (AvgIpc) is 2.68. The van der Waals surface area contributed by atoms with Gasteiger partial charge in [-0.15, -0.1) is 0 Å². The molecule has 1 aromatic heterocycles. The number of hydrogen-bond donors (Lipinski definition) is 0. The van der Waals surface area contributed by atoms with E-state index in [1.165, 1.54) is 12.1 Å². The molecule has 5 nitrogen and oxygen atoms in total. The highest BCUT2D eigenvalue weighted by atomic mass is 16.6. The van der Waals surface area contributed by atoms with Gasteiger partial charge in [-0.05, 0) is 37.1 Å². The normalized spacial score (nSPS) is 11.7. The van der Waals surface area contributed by atoms with E-state index in [0.717, 1.165) is 33.0 Å². The molecule has 0 spiro atoms. The summed E-state index contributed by atoms with van der Waals surface area (Å²) in [5.74, 6) is 0.697. The Balaban J connectivity index is 2.03. The zero-order chi connectivity index (χ0) is 19.7. The molecule has 0 saturated carbocycles. The molecule has 0 radical (unpaired) electrons. The molecule has 0 aliphatic heterocycles. The first-order valence-electron chi connectivity index (χ1n) is 8.91. The van der Waals surface area contributed by atoms with Gasteiger partial charge in [-0.2, -0.15) is 0 Å². The molecule has 1 heterocycles. The Morgan fingerprint density at radius 1 is 0.929 bits per heavy atom. The highest BCUT2D eigenvalue weighted by molar-refractivity contribution is 5.82. The van der Waals surface area contributed by atoms with E-state index in [1.807, 2.05) is 56.3 Å². The zero-order valence-corrected chi connectivity index (χ0v) is 15.5. The number of rotatable bonds is 3. The van der Waals surface area contributed by atoms with E-state index in [9.17, 15) is 10.1 Å². The number of fused-ring (bicyclic) bond motifs is 1. The Labute approximate surface area is 161 Å². The van der Waals surface area contributed by atoms with Gasteiger partial charge < -0.3 is 4.42 Å². The maximum atomic E-state index is 11.1. The third-order valence-electron chi connectivity index (χ3n) is 4.54. The van der Waals surface area contributed by atoms with Crippen molar-refractivity contribution in [2.45, 2.75) is 13.8 Å². The fourth-order valence-corrected chi connectivity index (χ4v) is 3.33. The lowest BCUT2D eigenvalue weighted by molar-refractivity contribution is -0.384. The molecule has 0 unspecified atom stereocenters. The van der Waals surface area contributed by atoms with Gasteiger partial charge in [0.15, 0.2) is 0 Å². The van der Waals surface area contributed by atoms with Crippen LogP contribution in [0.5, 0.6) is 0 Å². The summed E-state index contributed by atoms with van der Waals surface area (Å²) in [5.41, 5.74) is 4.37. The minimum Gasteiger partial charge on any atom is -0.456 e. The molecule has 3 aromatic carbocycles. The number of aryl methyl sites for hydroxylation is 2. The summed E-state index contributed by atoms with van der Waals surface area (Å²) in [6.45, 7) is 4.04. The van der Waals surface area contributed by atoms with Crippen LogP contribution in [0, 0.1) is 24.0 Å². The summed E-state index contributed by atoms with van der Waals surface area (Å²) < 4.78 is 6.18. The number of non-ortho nitro benzene ring substituents is 1. The van der Waals surface area contributed by atoms with Crippen molar-refractivity contribution < 1.29 is 9.34 Å². The second kappa shape index (κ2) is 7.12. The Morgan fingerprint density at radius 2 is 1.71 bits per heavy atom. The quantitative estimate of drug-likeness (QED) is 0.335. The monoisotopic (exact) mass is 370 g/mol. The highest BCUT2D eigenvalue weighted by Crippen LogP contribution is 2.26. The van der Waals surface area contributed by atoms with Crippen molar-refractivity contribution in [1.29, 1.82) is 0 Å². The van der Waals surface area contributed by atoms with Gasteiger partial charge >= 0.3 is 0 Å². The minimum atomic E-state index is -0.415. The number of nitro benzene ring substituents is 1. The van der Waals surface area contributed by atoms with Gasteiger partial charge in [0.05, 0.1) is 16.0 Å². The molecule has 0 aliphatic carbocycles. The van der Waals surface area contributed by atoms with E-state index in [0.29, 0.717) is 11.4 Å². The Hall–Kier alpha value is -3.73. The summed E-state index contributed by atoms with van der Waals surface area (Å²) in [5, 5.41) is 12.7. The highest BCUT2D eigenvalue weighted by Gasteiger charge is 2.10. The van der Waals surface area contributed by atoms with Crippen LogP contribution in [0.2, 0.25) is 0 Å². The standard InChI is InChI=1S/C23H18N2O3/c1-15-11-16(2)23-20(24-18-9-6-10-19(13-18)25(26)27)14-21(28-22(23)12-15)17-7-4-3-5-8-17/h3-14H,1-2H3. The van der Waals surface area contributed by atoms with Crippen molar-refractivity contribution in [2.75, 3.05) is 0 Å². The van der Waals surface area contributed by atoms with Gasteiger partial charge in [-0.1, -0.05) is 42.5 Å². The molecular formula is C23H18N2O3. The van der Waals surface area contributed by atoms with Gasteiger partial charge in [-0.3, -0.25) is 10.1 Å². The van der Waals surface area contributed by atoms with Crippen molar-refractivity contribution >= 4 is 22.3 Å². The van der Waals surface area contributed by atoms with Crippen LogP contribution in [0.25, 0.3) is 22.3 Å². The molecule has 0 bridgehead atoms. The van der Waals surface area contributed by atoms with E-state index in [1.54, 1.807) is 12.1 Å². The Bertz CT molecular complexity index is 1260. The topological polar surface area (TPSA) is 68.6 Å². The van der Waals surface area contributed by atoms with Crippen molar-refractivity contribution in [3.63, 3.8) is 0 Å². The van der Waals surface area contributed by atoms with Gasteiger partial charge in [0.1, 0.15) is 11.3 Å². The smallest absolute Gasteiger partial charge is 0.271 e. The molecule has 0 saturated heterocycles. The second-order valence-electron chi connectivity index (χ2n) is 6.71. The molecule has 0 N–H and O–H groups in total. The first-order valence-corrected chi connectivity index (χ1v) is 8.91. The van der Waals surface area contributed by atoms with Crippen molar-refractivity contribution in [3.8, 4) is 11.3 Å². The number of benzene rings is 3. The van der Waals surface area contributed by atoms with Crippen LogP contribution >= 0.6 is 0 Å². The maximum absolute atomic E-state index is 11.1. The lowest BCUT2D eigenvalue weighted by Crippen LogP contribution is -2.05. The summed E-state index contributed by atoms with van der Waals surface area (Å²) in [6, 6.07) is 22.1. The third kappa shape index (κ3) is 3.42. The number of hydrogen-bond acceptors (Lipinski definition) is 4. The minimum absolute atomic E-state index is 0.0158. The third-order valence-corrected chi connectivity index (χ3v) is 4.54. The van der Waals surface area contributed by atoms with Crippen LogP contribution in [-0.4, -0.2) is 4.92 Å². The molecule has 28 heavy (non-hydrogen) atoms. The number of nitro groups is 1. The molecule has 0 fully saturated rings. The fraction of sp³-hybridized carbons (Fsp3) is 0.0870. The van der Waals surface area contributed by atoms with E-state index < -0.39 is 4.92 Å². The van der Waals surface area contributed by atoms with Gasteiger partial charge in [-0.25, -0.2) is 4.99 Å². The van der Waals surface area contributed by atoms with E-state index in [-0.39, 0.29) is 5.69 Å². The largest absolute Gasteiger partial charge is 0.456 e. The van der Waals surface area contributed by atoms with Crippen LogP contribution in [0.3, 0.4) is 0 Å². The molecule has 5 heteroatoms. The van der Waals surface area contributed by atoms with Crippen LogP contribution in [0.1, 0.15) is 11.1 Å². The molecule has 4 aromatic rings. The van der Waals surface area contributed by atoms with E-state index in [2.05, 4.69) is 6.07 Å². The molecule has 0 amide bonds. The van der Waals surface area contributed by atoms with Crippen LogP contribution in [0.15, 0.2) is 82.2 Å². The SMILES string of the molecule is Cc1cc(C)c2c(=Nc3cccc([N+](=O)[O-])c3)cc(-c3ccccc3)oc2c1. The molecule has 4 rings (SSSR count). The van der Waals surface area contributed by atoms with Gasteiger partial charge in [0, 0.05) is 29.1 Å². The maximum Gasteiger partial charge on any atom is 0.271 e. The predicted octanol–water partition coefficient (Wildman–Crippen LogP) is 5.86. The van der Waals surface area contributed by atoms with Crippen molar-refractivity contribution in [2.24, 2.45) is 4.99 Å². The van der Waals surface area contributed by atoms with Crippen LogP contribution < -0.4 is 5.36 Å².